The first-order valence-electron chi connectivity index (χ1n) is 9.89. The van der Waals surface area contributed by atoms with Crippen LogP contribution in [0.1, 0.15) is 6.92 Å². The molecule has 148 valence electrons. The molecule has 0 saturated heterocycles. The first kappa shape index (κ1) is 19.2. The lowest BCUT2D eigenvalue weighted by Gasteiger charge is -2.18. The number of aromatic nitrogens is 3. The summed E-state index contributed by atoms with van der Waals surface area (Å²) < 4.78 is 3.86. The predicted octanol–water partition coefficient (Wildman–Crippen LogP) is 4.05. The summed E-state index contributed by atoms with van der Waals surface area (Å²) in [6.07, 6.45) is 3.74. The fourth-order valence-electron chi connectivity index (χ4n) is 3.84. The minimum absolute atomic E-state index is 0.0306. The molecule has 5 nitrogen and oxygen atoms in total. The van der Waals surface area contributed by atoms with Gasteiger partial charge in [0, 0.05) is 31.0 Å². The highest BCUT2D eigenvalue weighted by atomic mass is 16.1. The Labute approximate surface area is 170 Å². The summed E-state index contributed by atoms with van der Waals surface area (Å²) in [5, 5.41) is 0. The largest absolute Gasteiger partial charge is 0.315 e. The van der Waals surface area contributed by atoms with E-state index in [0.29, 0.717) is 5.92 Å². The van der Waals surface area contributed by atoms with Gasteiger partial charge in [0.2, 0.25) is 0 Å². The Morgan fingerprint density at radius 2 is 1.76 bits per heavy atom. The third kappa shape index (κ3) is 4.15. The lowest BCUT2D eigenvalue weighted by molar-refractivity contribution is 0.313. The maximum Gasteiger partial charge on any atom is 0.251 e. The average Bonchev–Trinajstić information content (AvgIpc) is 3.13. The van der Waals surface area contributed by atoms with Crippen LogP contribution in [0.4, 0.5) is 0 Å². The van der Waals surface area contributed by atoms with E-state index in [1.54, 1.807) is 10.6 Å². The van der Waals surface area contributed by atoms with Gasteiger partial charge in [-0.05, 0) is 61.5 Å². The molecule has 0 amide bonds. The molecule has 0 aliphatic rings. The Morgan fingerprint density at radius 1 is 1.00 bits per heavy atom. The average molecular weight is 386 g/mol. The van der Waals surface area contributed by atoms with Crippen LogP contribution < -0.4 is 5.56 Å². The van der Waals surface area contributed by atoms with Gasteiger partial charge in [-0.1, -0.05) is 31.2 Å². The molecule has 29 heavy (non-hydrogen) atoms. The van der Waals surface area contributed by atoms with Gasteiger partial charge in [-0.15, -0.1) is 0 Å². The van der Waals surface area contributed by atoms with E-state index in [9.17, 15) is 4.79 Å². The van der Waals surface area contributed by atoms with Gasteiger partial charge in [-0.25, -0.2) is 4.98 Å². The van der Waals surface area contributed by atoms with Gasteiger partial charge < -0.3 is 9.47 Å². The second-order valence-corrected chi connectivity index (χ2v) is 7.93. The van der Waals surface area contributed by atoms with E-state index in [1.807, 2.05) is 42.9 Å². The van der Waals surface area contributed by atoms with E-state index in [-0.39, 0.29) is 5.56 Å². The van der Waals surface area contributed by atoms with E-state index in [4.69, 9.17) is 0 Å². The number of imidazole rings is 1. The number of fused-ring (bicyclic) bond motifs is 1. The smallest absolute Gasteiger partial charge is 0.251 e. The summed E-state index contributed by atoms with van der Waals surface area (Å²) >= 11 is 0. The molecule has 5 heteroatoms. The molecule has 0 saturated carbocycles. The lowest BCUT2D eigenvalue weighted by atomic mass is 10.1. The van der Waals surface area contributed by atoms with Crippen LogP contribution in [0.15, 0.2) is 78.0 Å². The van der Waals surface area contributed by atoms with Crippen LogP contribution in [0.2, 0.25) is 0 Å². The molecule has 0 aliphatic carbocycles. The van der Waals surface area contributed by atoms with Crippen molar-refractivity contribution in [2.45, 2.75) is 13.5 Å². The van der Waals surface area contributed by atoms with Crippen LogP contribution in [-0.4, -0.2) is 39.7 Å². The number of hydrogen-bond donors (Lipinski definition) is 0. The standard InChI is InChI=1S/C24H26N4O/c1-18(15-26(2)3)16-27-12-11-20(14-24(27)29)19-9-10-23-22(13-19)25-17-28(23)21-7-5-4-6-8-21/h4-14,17-18H,15-16H2,1-3H3. The molecule has 0 radical (unpaired) electrons. The number of benzene rings is 2. The molecule has 0 fully saturated rings. The molecule has 2 aromatic heterocycles. The van der Waals surface area contributed by atoms with E-state index in [0.717, 1.165) is 40.9 Å². The Bertz CT molecular complexity index is 1170. The molecular weight excluding hydrogens is 360 g/mol. The molecule has 2 aromatic carbocycles. The molecule has 0 spiro atoms. The van der Waals surface area contributed by atoms with Crippen molar-refractivity contribution < 1.29 is 0 Å². The number of nitrogens with zero attached hydrogens (tertiary/aromatic N) is 4. The highest BCUT2D eigenvalue weighted by molar-refractivity contribution is 5.83. The van der Waals surface area contributed by atoms with Crippen LogP contribution in [0.5, 0.6) is 0 Å². The summed E-state index contributed by atoms with van der Waals surface area (Å²) in [6, 6.07) is 20.1. The molecule has 1 unspecified atom stereocenters. The summed E-state index contributed by atoms with van der Waals surface area (Å²) in [7, 11) is 4.11. The van der Waals surface area contributed by atoms with Crippen molar-refractivity contribution in [2.24, 2.45) is 5.92 Å². The minimum atomic E-state index is 0.0306. The Balaban J connectivity index is 1.62. The monoisotopic (exact) mass is 386 g/mol. The lowest BCUT2D eigenvalue weighted by Crippen LogP contribution is -2.27. The number of rotatable bonds is 6. The Morgan fingerprint density at radius 3 is 2.48 bits per heavy atom. The van der Waals surface area contributed by atoms with E-state index < -0.39 is 0 Å². The van der Waals surface area contributed by atoms with Crippen LogP contribution in [0.25, 0.3) is 27.8 Å². The topological polar surface area (TPSA) is 43.1 Å². The Hall–Kier alpha value is -3.18. The van der Waals surface area contributed by atoms with Crippen molar-refractivity contribution in [3.05, 3.63) is 83.5 Å². The van der Waals surface area contributed by atoms with Crippen molar-refractivity contribution in [3.8, 4) is 16.8 Å². The quantitative estimate of drug-likeness (QED) is 0.502. The zero-order valence-electron chi connectivity index (χ0n) is 17.1. The van der Waals surface area contributed by atoms with Crippen LogP contribution in [-0.2, 0) is 6.54 Å². The third-order valence-electron chi connectivity index (χ3n) is 5.10. The molecule has 0 N–H and O–H groups in total. The van der Waals surface area contributed by atoms with Gasteiger partial charge in [0.05, 0.1) is 11.0 Å². The highest BCUT2D eigenvalue weighted by Gasteiger charge is 2.09. The van der Waals surface area contributed by atoms with Crippen molar-refractivity contribution in [3.63, 3.8) is 0 Å². The van der Waals surface area contributed by atoms with Crippen molar-refractivity contribution >= 4 is 11.0 Å². The molecule has 2 heterocycles. The van der Waals surface area contributed by atoms with Gasteiger partial charge >= 0.3 is 0 Å². The van der Waals surface area contributed by atoms with Gasteiger partial charge in [0.1, 0.15) is 6.33 Å². The third-order valence-corrected chi connectivity index (χ3v) is 5.10. The number of pyridine rings is 1. The molecule has 4 aromatic rings. The second-order valence-electron chi connectivity index (χ2n) is 7.93. The maximum absolute atomic E-state index is 12.6. The minimum Gasteiger partial charge on any atom is -0.315 e. The molecule has 4 rings (SSSR count). The van der Waals surface area contributed by atoms with Crippen LogP contribution in [0.3, 0.4) is 0 Å². The fraction of sp³-hybridized carbons (Fsp3) is 0.250. The maximum atomic E-state index is 12.6. The van der Waals surface area contributed by atoms with Crippen molar-refractivity contribution in [1.82, 2.24) is 19.0 Å². The van der Waals surface area contributed by atoms with Gasteiger partial charge in [-0.3, -0.25) is 9.36 Å². The number of para-hydroxylation sites is 1. The summed E-state index contributed by atoms with van der Waals surface area (Å²) in [4.78, 5) is 19.3. The van der Waals surface area contributed by atoms with Crippen LogP contribution >= 0.6 is 0 Å². The molecule has 1 atom stereocenters. The van der Waals surface area contributed by atoms with E-state index >= 15 is 0 Å². The first-order chi connectivity index (χ1) is 14.0. The first-order valence-corrected chi connectivity index (χ1v) is 9.89. The summed E-state index contributed by atoms with van der Waals surface area (Å²) in [5.74, 6) is 0.409. The van der Waals surface area contributed by atoms with Gasteiger partial charge in [-0.2, -0.15) is 0 Å². The fourth-order valence-corrected chi connectivity index (χ4v) is 3.84. The van der Waals surface area contributed by atoms with E-state index in [2.05, 4.69) is 59.7 Å². The van der Waals surface area contributed by atoms with Gasteiger partial charge in [0.25, 0.3) is 5.56 Å². The highest BCUT2D eigenvalue weighted by Crippen LogP contribution is 2.24. The molecule has 0 aliphatic heterocycles. The Kier molecular flexibility index (Phi) is 5.32. The van der Waals surface area contributed by atoms with Crippen LogP contribution in [0, 0.1) is 5.92 Å². The van der Waals surface area contributed by atoms with E-state index in [1.165, 1.54) is 0 Å². The molecular formula is C24H26N4O. The SMILES string of the molecule is CC(CN(C)C)Cn1ccc(-c2ccc3c(c2)ncn3-c2ccccc2)cc1=O. The zero-order chi connectivity index (χ0) is 20.4. The second kappa shape index (κ2) is 8.05. The summed E-state index contributed by atoms with van der Waals surface area (Å²) in [5.41, 5.74) is 4.99. The summed E-state index contributed by atoms with van der Waals surface area (Å²) in [6.45, 7) is 3.84. The van der Waals surface area contributed by atoms with Crippen molar-refractivity contribution in [2.75, 3.05) is 20.6 Å². The molecule has 0 bridgehead atoms. The van der Waals surface area contributed by atoms with Crippen molar-refractivity contribution in [1.29, 1.82) is 0 Å². The predicted molar refractivity (Wildman–Crippen MR) is 118 cm³/mol. The normalized spacial score (nSPS) is 12.6. The zero-order valence-corrected chi connectivity index (χ0v) is 17.1. The van der Waals surface area contributed by atoms with Gasteiger partial charge in [0.15, 0.2) is 0 Å². The number of hydrogen-bond acceptors (Lipinski definition) is 3.